The number of nitrogens with zero attached hydrogens (tertiary/aromatic N) is 1. The number of hydrogen-bond acceptors (Lipinski definition) is 4. The molecular formula is C8H9NO3S. The monoisotopic (exact) mass is 199 g/mol. The van der Waals surface area contributed by atoms with Gasteiger partial charge >= 0.3 is 5.97 Å². The third-order valence-electron chi connectivity index (χ3n) is 2.02. The van der Waals surface area contributed by atoms with Crippen molar-refractivity contribution >= 4 is 17.3 Å². The molecule has 2 rings (SSSR count). The number of aromatic nitrogens is 1. The second-order valence-corrected chi connectivity index (χ2v) is 3.83. The highest BCUT2D eigenvalue weighted by Crippen LogP contribution is 2.33. The first kappa shape index (κ1) is 8.65. The largest absolute Gasteiger partial charge is 0.479 e. The Morgan fingerprint density at radius 2 is 2.54 bits per heavy atom. The standard InChI is InChI=1S/C8H9NO3S/c10-8(11)6-2-1-5(12-6)7-9-3-4-13-7/h3-6H,1-2H2,(H,10,11). The molecule has 1 saturated heterocycles. The lowest BCUT2D eigenvalue weighted by Gasteiger charge is -2.07. The summed E-state index contributed by atoms with van der Waals surface area (Å²) in [5.41, 5.74) is 0. The summed E-state index contributed by atoms with van der Waals surface area (Å²) in [5.74, 6) is -0.876. The Morgan fingerprint density at radius 1 is 1.69 bits per heavy atom. The van der Waals surface area contributed by atoms with Crippen molar-refractivity contribution in [2.45, 2.75) is 25.0 Å². The number of ether oxygens (including phenoxy) is 1. The molecule has 0 radical (unpaired) electrons. The normalized spacial score (nSPS) is 27.7. The topological polar surface area (TPSA) is 59.4 Å². The van der Waals surface area contributed by atoms with Crippen LogP contribution in [-0.2, 0) is 9.53 Å². The number of carboxylic acid groups (broad SMARTS) is 1. The van der Waals surface area contributed by atoms with Crippen LogP contribution in [-0.4, -0.2) is 22.2 Å². The molecule has 0 spiro atoms. The molecule has 1 aromatic rings. The average Bonchev–Trinajstić information content (AvgIpc) is 2.75. The fourth-order valence-electron chi connectivity index (χ4n) is 1.39. The van der Waals surface area contributed by atoms with Crippen molar-refractivity contribution in [2.24, 2.45) is 0 Å². The Kier molecular flexibility index (Phi) is 2.28. The van der Waals surface area contributed by atoms with E-state index in [4.69, 9.17) is 9.84 Å². The molecule has 0 aromatic carbocycles. The Morgan fingerprint density at radius 3 is 3.08 bits per heavy atom. The van der Waals surface area contributed by atoms with Crippen molar-refractivity contribution in [2.75, 3.05) is 0 Å². The van der Waals surface area contributed by atoms with Crippen LogP contribution in [0.25, 0.3) is 0 Å². The molecule has 0 amide bonds. The van der Waals surface area contributed by atoms with E-state index in [1.807, 2.05) is 5.38 Å². The summed E-state index contributed by atoms with van der Waals surface area (Å²) < 4.78 is 5.32. The summed E-state index contributed by atoms with van der Waals surface area (Å²) in [6.45, 7) is 0. The van der Waals surface area contributed by atoms with E-state index in [1.54, 1.807) is 6.20 Å². The Balaban J connectivity index is 2.03. The maximum Gasteiger partial charge on any atom is 0.332 e. The van der Waals surface area contributed by atoms with Crippen molar-refractivity contribution in [3.8, 4) is 0 Å². The summed E-state index contributed by atoms with van der Waals surface area (Å²) in [5, 5.41) is 11.4. The number of hydrogen-bond donors (Lipinski definition) is 1. The predicted octanol–water partition coefficient (Wildman–Crippen LogP) is 1.45. The second-order valence-electron chi connectivity index (χ2n) is 2.90. The summed E-state index contributed by atoms with van der Waals surface area (Å²) in [4.78, 5) is 14.7. The highest BCUT2D eigenvalue weighted by atomic mass is 32.1. The molecule has 70 valence electrons. The molecule has 2 heterocycles. The highest BCUT2D eigenvalue weighted by molar-refractivity contribution is 7.09. The number of aliphatic carboxylic acids is 1. The molecule has 1 aliphatic heterocycles. The summed E-state index contributed by atoms with van der Waals surface area (Å²) in [7, 11) is 0. The summed E-state index contributed by atoms with van der Waals surface area (Å²) >= 11 is 1.50. The van der Waals surface area contributed by atoms with Crippen LogP contribution in [0.15, 0.2) is 11.6 Å². The van der Waals surface area contributed by atoms with Crippen LogP contribution in [0.3, 0.4) is 0 Å². The first-order valence-electron chi connectivity index (χ1n) is 4.05. The molecule has 5 heteroatoms. The van der Waals surface area contributed by atoms with Gasteiger partial charge in [0.1, 0.15) is 11.1 Å². The van der Waals surface area contributed by atoms with E-state index >= 15 is 0 Å². The lowest BCUT2D eigenvalue weighted by molar-refractivity contribution is -0.149. The molecule has 2 atom stereocenters. The van der Waals surface area contributed by atoms with Gasteiger partial charge in [-0.15, -0.1) is 11.3 Å². The molecular weight excluding hydrogens is 190 g/mol. The minimum atomic E-state index is -0.876. The lowest BCUT2D eigenvalue weighted by Crippen LogP contribution is -2.18. The zero-order chi connectivity index (χ0) is 9.26. The predicted molar refractivity (Wildman–Crippen MR) is 46.6 cm³/mol. The van der Waals surface area contributed by atoms with Crippen LogP contribution in [0.5, 0.6) is 0 Å². The average molecular weight is 199 g/mol. The first-order chi connectivity index (χ1) is 6.27. The van der Waals surface area contributed by atoms with Crippen molar-refractivity contribution in [1.82, 2.24) is 4.98 Å². The number of carbonyl (C=O) groups is 1. The van der Waals surface area contributed by atoms with Gasteiger partial charge in [-0.1, -0.05) is 0 Å². The van der Waals surface area contributed by atoms with E-state index in [9.17, 15) is 4.79 Å². The van der Waals surface area contributed by atoms with Crippen LogP contribution in [0, 0.1) is 0 Å². The third kappa shape index (κ3) is 1.71. The van der Waals surface area contributed by atoms with Gasteiger partial charge in [0.2, 0.25) is 0 Å². The van der Waals surface area contributed by atoms with Gasteiger partial charge in [0.05, 0.1) is 0 Å². The van der Waals surface area contributed by atoms with Crippen LogP contribution >= 0.6 is 11.3 Å². The smallest absolute Gasteiger partial charge is 0.332 e. The first-order valence-corrected chi connectivity index (χ1v) is 4.93. The van der Waals surface area contributed by atoms with Crippen molar-refractivity contribution in [3.05, 3.63) is 16.6 Å². The van der Waals surface area contributed by atoms with Gasteiger partial charge in [0.25, 0.3) is 0 Å². The number of rotatable bonds is 2. The van der Waals surface area contributed by atoms with Crippen molar-refractivity contribution in [1.29, 1.82) is 0 Å². The molecule has 13 heavy (non-hydrogen) atoms. The molecule has 4 nitrogen and oxygen atoms in total. The van der Waals surface area contributed by atoms with E-state index < -0.39 is 12.1 Å². The number of carboxylic acids is 1. The summed E-state index contributed by atoms with van der Waals surface area (Å²) in [6, 6.07) is 0. The fourth-order valence-corrected chi connectivity index (χ4v) is 2.10. The quantitative estimate of drug-likeness (QED) is 0.783. The molecule has 0 aliphatic carbocycles. The molecule has 1 N–H and O–H groups in total. The SMILES string of the molecule is O=C(O)C1CCC(c2nccs2)O1. The number of thiazole rings is 1. The van der Waals surface area contributed by atoms with Crippen LogP contribution < -0.4 is 0 Å². The van der Waals surface area contributed by atoms with Gasteiger partial charge in [-0.25, -0.2) is 9.78 Å². The molecule has 1 aliphatic rings. The zero-order valence-electron chi connectivity index (χ0n) is 6.84. The lowest BCUT2D eigenvalue weighted by atomic mass is 10.2. The Labute approximate surface area is 79.2 Å². The summed E-state index contributed by atoms with van der Waals surface area (Å²) in [6.07, 6.45) is 2.29. The van der Waals surface area contributed by atoms with Gasteiger partial charge in [0, 0.05) is 11.6 Å². The van der Waals surface area contributed by atoms with Gasteiger partial charge in [-0.05, 0) is 12.8 Å². The maximum atomic E-state index is 10.6. The zero-order valence-corrected chi connectivity index (χ0v) is 7.66. The van der Waals surface area contributed by atoms with E-state index in [-0.39, 0.29) is 6.10 Å². The highest BCUT2D eigenvalue weighted by Gasteiger charge is 2.32. The maximum absolute atomic E-state index is 10.6. The van der Waals surface area contributed by atoms with Gasteiger partial charge < -0.3 is 9.84 Å². The van der Waals surface area contributed by atoms with E-state index in [1.165, 1.54) is 11.3 Å². The molecule has 1 fully saturated rings. The minimum absolute atomic E-state index is 0.110. The minimum Gasteiger partial charge on any atom is -0.479 e. The van der Waals surface area contributed by atoms with E-state index in [0.29, 0.717) is 6.42 Å². The molecule has 0 saturated carbocycles. The Hall–Kier alpha value is -0.940. The van der Waals surface area contributed by atoms with Crippen LogP contribution in [0.4, 0.5) is 0 Å². The van der Waals surface area contributed by atoms with Gasteiger partial charge in [0.15, 0.2) is 6.10 Å². The molecule has 2 unspecified atom stereocenters. The fraction of sp³-hybridized carbons (Fsp3) is 0.500. The second kappa shape index (κ2) is 3.43. The van der Waals surface area contributed by atoms with E-state index in [0.717, 1.165) is 11.4 Å². The molecule has 1 aromatic heterocycles. The van der Waals surface area contributed by atoms with Gasteiger partial charge in [-0.2, -0.15) is 0 Å². The third-order valence-corrected chi connectivity index (χ3v) is 2.89. The van der Waals surface area contributed by atoms with Crippen molar-refractivity contribution < 1.29 is 14.6 Å². The van der Waals surface area contributed by atoms with Crippen molar-refractivity contribution in [3.63, 3.8) is 0 Å². The van der Waals surface area contributed by atoms with Crippen LogP contribution in [0.1, 0.15) is 24.0 Å². The Bertz CT molecular complexity index is 298. The van der Waals surface area contributed by atoms with Crippen LogP contribution in [0.2, 0.25) is 0 Å². The van der Waals surface area contributed by atoms with E-state index in [2.05, 4.69) is 4.98 Å². The van der Waals surface area contributed by atoms with Gasteiger partial charge in [-0.3, -0.25) is 0 Å². The molecule has 0 bridgehead atoms.